The van der Waals surface area contributed by atoms with Crippen molar-refractivity contribution in [1.29, 1.82) is 0 Å². The highest BCUT2D eigenvalue weighted by Gasteiger charge is 2.30. The number of rotatable bonds is 2. The number of aryl methyl sites for hydroxylation is 2. The third kappa shape index (κ3) is 3.98. The van der Waals surface area contributed by atoms with E-state index in [1.165, 1.54) is 6.08 Å². The number of carbonyl (C=O) groups excluding carboxylic acids is 2. The molecule has 0 aliphatic carbocycles. The summed E-state index contributed by atoms with van der Waals surface area (Å²) < 4.78 is 1.58. The molecule has 2 heterocycles. The van der Waals surface area contributed by atoms with Crippen molar-refractivity contribution in [2.45, 2.75) is 27.7 Å². The number of nitrogens with zero attached hydrogens (tertiary/aromatic N) is 4. The molecule has 0 aromatic carbocycles. The van der Waals surface area contributed by atoms with Gasteiger partial charge in [-0.3, -0.25) is 14.3 Å². The van der Waals surface area contributed by atoms with Gasteiger partial charge in [-0.2, -0.15) is 5.10 Å². The monoisotopic (exact) mass is 352 g/mol. The largest absolute Gasteiger partial charge is 0.339 e. The van der Waals surface area contributed by atoms with Gasteiger partial charge in [0.1, 0.15) is 5.15 Å². The fourth-order valence-corrected chi connectivity index (χ4v) is 2.94. The summed E-state index contributed by atoms with van der Waals surface area (Å²) in [5.41, 5.74) is 1.15. The molecule has 1 saturated heterocycles. The molecule has 0 radical (unpaired) electrons. The molecule has 0 unspecified atom stereocenters. The summed E-state index contributed by atoms with van der Waals surface area (Å²) in [6, 6.07) is 0. The zero-order valence-electron chi connectivity index (χ0n) is 15.0. The highest BCUT2D eigenvalue weighted by molar-refractivity contribution is 6.31. The molecule has 1 aliphatic rings. The Hall–Kier alpha value is -1.82. The molecule has 0 saturated carbocycles. The van der Waals surface area contributed by atoms with Crippen molar-refractivity contribution in [3.63, 3.8) is 0 Å². The average Bonchev–Trinajstić information content (AvgIpc) is 2.76. The highest BCUT2D eigenvalue weighted by Crippen LogP contribution is 2.21. The van der Waals surface area contributed by atoms with Crippen molar-refractivity contribution < 1.29 is 9.59 Å². The number of amides is 2. The quantitative estimate of drug-likeness (QED) is 0.766. The number of aromatic nitrogens is 2. The first kappa shape index (κ1) is 18.5. The molecule has 1 aromatic heterocycles. The predicted octanol–water partition coefficient (Wildman–Crippen LogP) is 2.11. The summed E-state index contributed by atoms with van der Waals surface area (Å²) >= 11 is 6.16. The SMILES string of the molecule is Cc1nn(C)c(Cl)c1/C=C/C(=O)N1CCN(C(=O)C(C)(C)C)CC1. The zero-order chi connectivity index (χ0) is 18.1. The summed E-state index contributed by atoms with van der Waals surface area (Å²) in [7, 11) is 1.76. The van der Waals surface area contributed by atoms with Crippen LogP contribution < -0.4 is 0 Å². The first-order valence-corrected chi connectivity index (χ1v) is 8.44. The molecule has 2 rings (SSSR count). The molecule has 24 heavy (non-hydrogen) atoms. The first-order chi connectivity index (χ1) is 11.1. The van der Waals surface area contributed by atoms with Crippen molar-refractivity contribution >= 4 is 29.5 Å². The van der Waals surface area contributed by atoms with Gasteiger partial charge < -0.3 is 9.80 Å². The second kappa shape index (κ2) is 6.97. The predicted molar refractivity (Wildman–Crippen MR) is 94.6 cm³/mol. The maximum Gasteiger partial charge on any atom is 0.246 e. The van der Waals surface area contributed by atoms with E-state index >= 15 is 0 Å². The highest BCUT2D eigenvalue weighted by atomic mass is 35.5. The third-order valence-corrected chi connectivity index (χ3v) is 4.56. The van der Waals surface area contributed by atoms with E-state index in [9.17, 15) is 9.59 Å². The van der Waals surface area contributed by atoms with E-state index in [1.807, 2.05) is 32.6 Å². The number of hydrogen-bond acceptors (Lipinski definition) is 3. The maximum absolute atomic E-state index is 12.3. The molecule has 1 aliphatic heterocycles. The van der Waals surface area contributed by atoms with Crippen LogP contribution in [0.15, 0.2) is 6.08 Å². The number of carbonyl (C=O) groups is 2. The van der Waals surface area contributed by atoms with E-state index in [2.05, 4.69) is 5.10 Å². The van der Waals surface area contributed by atoms with Gasteiger partial charge in [0.15, 0.2) is 0 Å². The first-order valence-electron chi connectivity index (χ1n) is 8.06. The lowest BCUT2D eigenvalue weighted by molar-refractivity contribution is -0.143. The van der Waals surface area contributed by atoms with E-state index in [0.29, 0.717) is 31.3 Å². The van der Waals surface area contributed by atoms with Crippen LogP contribution in [0.5, 0.6) is 0 Å². The molecule has 0 atom stereocenters. The van der Waals surface area contributed by atoms with Crippen LogP contribution >= 0.6 is 11.6 Å². The van der Waals surface area contributed by atoms with Crippen LogP contribution in [0.1, 0.15) is 32.0 Å². The maximum atomic E-state index is 12.3. The average molecular weight is 353 g/mol. The number of halogens is 1. The van der Waals surface area contributed by atoms with Gasteiger partial charge in [-0.05, 0) is 13.0 Å². The Balaban J connectivity index is 1.96. The normalized spacial score (nSPS) is 16.1. The van der Waals surface area contributed by atoms with Crippen molar-refractivity contribution in [3.05, 3.63) is 22.5 Å². The van der Waals surface area contributed by atoms with Gasteiger partial charge in [0.2, 0.25) is 11.8 Å². The summed E-state index contributed by atoms with van der Waals surface area (Å²) in [6.45, 7) is 9.83. The van der Waals surface area contributed by atoms with Gasteiger partial charge >= 0.3 is 0 Å². The van der Waals surface area contributed by atoms with E-state index in [-0.39, 0.29) is 17.2 Å². The number of hydrogen-bond donors (Lipinski definition) is 0. The van der Waals surface area contributed by atoms with Crippen LogP contribution in [0.25, 0.3) is 6.08 Å². The van der Waals surface area contributed by atoms with Crippen LogP contribution in [0.4, 0.5) is 0 Å². The Morgan fingerprint density at radius 3 is 2.12 bits per heavy atom. The molecular formula is C17H25ClN4O2. The molecule has 1 fully saturated rings. The van der Waals surface area contributed by atoms with Crippen LogP contribution in [-0.4, -0.2) is 57.6 Å². The van der Waals surface area contributed by atoms with E-state index in [1.54, 1.807) is 22.7 Å². The number of piperazine rings is 1. The second-order valence-electron chi connectivity index (χ2n) is 7.11. The van der Waals surface area contributed by atoms with Gasteiger partial charge in [0.05, 0.1) is 5.69 Å². The minimum absolute atomic E-state index is 0.0721. The minimum Gasteiger partial charge on any atom is -0.339 e. The molecule has 0 spiro atoms. The lowest BCUT2D eigenvalue weighted by Crippen LogP contribution is -2.52. The summed E-state index contributed by atoms with van der Waals surface area (Å²) in [6.07, 6.45) is 3.23. The van der Waals surface area contributed by atoms with Crippen LogP contribution in [0.2, 0.25) is 5.15 Å². The molecule has 132 valence electrons. The standard InChI is InChI=1S/C17H25ClN4O2/c1-12-13(15(18)20(5)19-12)6-7-14(23)21-8-10-22(11-9-21)16(24)17(2,3)4/h6-7H,8-11H2,1-5H3/b7-6+. The minimum atomic E-state index is -0.388. The van der Waals surface area contributed by atoms with Gasteiger partial charge in [-0.1, -0.05) is 32.4 Å². The van der Waals surface area contributed by atoms with Crippen molar-refractivity contribution in [3.8, 4) is 0 Å². The molecule has 1 aromatic rings. The van der Waals surface area contributed by atoms with E-state index in [0.717, 1.165) is 11.3 Å². The van der Waals surface area contributed by atoms with Gasteiger partial charge in [-0.25, -0.2) is 0 Å². The molecule has 2 amide bonds. The third-order valence-electron chi connectivity index (χ3n) is 4.11. The van der Waals surface area contributed by atoms with Crippen molar-refractivity contribution in [2.24, 2.45) is 12.5 Å². The summed E-state index contributed by atoms with van der Waals surface area (Å²) in [5.74, 6) is 0.0556. The smallest absolute Gasteiger partial charge is 0.246 e. The lowest BCUT2D eigenvalue weighted by atomic mass is 9.94. The Bertz CT molecular complexity index is 665. The fourth-order valence-electron chi connectivity index (χ4n) is 2.70. The molecule has 0 N–H and O–H groups in total. The summed E-state index contributed by atoms with van der Waals surface area (Å²) in [4.78, 5) is 28.2. The zero-order valence-corrected chi connectivity index (χ0v) is 15.7. The Kier molecular flexibility index (Phi) is 5.38. The Morgan fingerprint density at radius 1 is 1.12 bits per heavy atom. The van der Waals surface area contributed by atoms with Crippen LogP contribution in [-0.2, 0) is 16.6 Å². The van der Waals surface area contributed by atoms with E-state index in [4.69, 9.17) is 11.6 Å². The Labute approximate surface area is 148 Å². The molecule has 6 nitrogen and oxygen atoms in total. The second-order valence-corrected chi connectivity index (χ2v) is 7.47. The van der Waals surface area contributed by atoms with Crippen molar-refractivity contribution in [2.75, 3.05) is 26.2 Å². The van der Waals surface area contributed by atoms with E-state index < -0.39 is 0 Å². The van der Waals surface area contributed by atoms with Crippen molar-refractivity contribution in [1.82, 2.24) is 19.6 Å². The summed E-state index contributed by atoms with van der Waals surface area (Å²) in [5, 5.41) is 4.73. The molecular weight excluding hydrogens is 328 g/mol. The van der Waals surface area contributed by atoms with Gasteiger partial charge in [0.25, 0.3) is 0 Å². The molecule has 0 bridgehead atoms. The van der Waals surface area contributed by atoms with Gasteiger partial charge in [-0.15, -0.1) is 0 Å². The van der Waals surface area contributed by atoms with Crippen LogP contribution in [0, 0.1) is 12.3 Å². The Morgan fingerprint density at radius 2 is 1.67 bits per heavy atom. The molecule has 7 heteroatoms. The fraction of sp³-hybridized carbons (Fsp3) is 0.588. The lowest BCUT2D eigenvalue weighted by Gasteiger charge is -2.37. The van der Waals surface area contributed by atoms with Gasteiger partial charge in [0, 0.05) is 50.3 Å². The topological polar surface area (TPSA) is 58.4 Å². The van der Waals surface area contributed by atoms with Crippen LogP contribution in [0.3, 0.4) is 0 Å².